The Kier molecular flexibility index (Phi) is 4.15. The summed E-state index contributed by atoms with van der Waals surface area (Å²) >= 11 is 0. The van der Waals surface area contributed by atoms with Crippen LogP contribution >= 0.6 is 0 Å². The number of hydrogen-bond donors (Lipinski definition) is 4. The maximum absolute atomic E-state index is 12.4. The Morgan fingerprint density at radius 1 is 1.21 bits per heavy atom. The molecule has 1 aromatic heterocycles. The van der Waals surface area contributed by atoms with Crippen LogP contribution in [0.5, 0.6) is 0 Å². The van der Waals surface area contributed by atoms with Crippen molar-refractivity contribution in [1.29, 1.82) is 0 Å². The molecule has 0 aliphatic heterocycles. The zero-order valence-corrected chi connectivity index (χ0v) is 12.7. The number of nitrogen functional groups attached to an aromatic ring is 1. The third-order valence-corrected chi connectivity index (χ3v) is 3.74. The van der Waals surface area contributed by atoms with E-state index in [0.717, 1.165) is 5.56 Å². The van der Waals surface area contributed by atoms with Crippen molar-refractivity contribution < 1.29 is 14.7 Å². The van der Waals surface area contributed by atoms with Crippen LogP contribution in [0, 0.1) is 0 Å². The summed E-state index contributed by atoms with van der Waals surface area (Å²) in [4.78, 5) is 23.8. The number of hydrogen-bond acceptors (Lipinski definition) is 4. The van der Waals surface area contributed by atoms with Gasteiger partial charge in [-0.3, -0.25) is 9.89 Å². The van der Waals surface area contributed by atoms with Crippen LogP contribution in [0.3, 0.4) is 0 Å². The van der Waals surface area contributed by atoms with E-state index in [9.17, 15) is 14.7 Å². The van der Waals surface area contributed by atoms with Crippen molar-refractivity contribution in [3.63, 3.8) is 0 Å². The highest BCUT2D eigenvalue weighted by Gasteiger charge is 2.21. The first-order valence-corrected chi connectivity index (χ1v) is 7.36. The third-order valence-electron chi connectivity index (χ3n) is 3.74. The molecule has 7 nitrogen and oxygen atoms in total. The Labute approximate surface area is 137 Å². The van der Waals surface area contributed by atoms with Gasteiger partial charge >= 0.3 is 5.97 Å². The second-order valence-electron chi connectivity index (χ2n) is 5.42. The van der Waals surface area contributed by atoms with E-state index in [4.69, 9.17) is 5.73 Å². The summed E-state index contributed by atoms with van der Waals surface area (Å²) in [6.07, 6.45) is 0.209. The summed E-state index contributed by atoms with van der Waals surface area (Å²) in [7, 11) is 0. The van der Waals surface area contributed by atoms with Gasteiger partial charge in [0.1, 0.15) is 6.04 Å². The smallest absolute Gasteiger partial charge is 0.326 e. The number of nitrogens with one attached hydrogen (secondary N) is 2. The minimum absolute atomic E-state index is 0.209. The highest BCUT2D eigenvalue weighted by atomic mass is 16.4. The number of benzene rings is 2. The van der Waals surface area contributed by atoms with E-state index < -0.39 is 17.9 Å². The molecule has 3 aromatic rings. The van der Waals surface area contributed by atoms with E-state index in [-0.39, 0.29) is 6.42 Å². The minimum Gasteiger partial charge on any atom is -0.480 e. The van der Waals surface area contributed by atoms with Gasteiger partial charge < -0.3 is 16.2 Å². The van der Waals surface area contributed by atoms with E-state index in [0.29, 0.717) is 22.3 Å². The molecule has 122 valence electrons. The minimum atomic E-state index is -1.08. The molecule has 7 heteroatoms. The van der Waals surface area contributed by atoms with Gasteiger partial charge in [0.2, 0.25) is 0 Å². The number of carbonyl (C=O) groups is 2. The number of fused-ring (bicyclic) bond motifs is 1. The van der Waals surface area contributed by atoms with Gasteiger partial charge in [0.15, 0.2) is 5.82 Å². The van der Waals surface area contributed by atoms with Crippen LogP contribution in [-0.2, 0) is 11.2 Å². The first-order chi connectivity index (χ1) is 11.5. The lowest BCUT2D eigenvalue weighted by molar-refractivity contribution is -0.139. The second-order valence-corrected chi connectivity index (χ2v) is 5.42. The van der Waals surface area contributed by atoms with Crippen LogP contribution in [0.25, 0.3) is 10.9 Å². The summed E-state index contributed by atoms with van der Waals surface area (Å²) < 4.78 is 0. The molecule has 0 radical (unpaired) electrons. The Morgan fingerprint density at radius 2 is 1.96 bits per heavy atom. The fourth-order valence-corrected chi connectivity index (χ4v) is 2.47. The lowest BCUT2D eigenvalue weighted by Crippen LogP contribution is -2.42. The zero-order chi connectivity index (χ0) is 17.1. The fourth-order valence-electron chi connectivity index (χ4n) is 2.47. The fraction of sp³-hybridized carbons (Fsp3) is 0.118. The first-order valence-electron chi connectivity index (χ1n) is 7.36. The van der Waals surface area contributed by atoms with Crippen molar-refractivity contribution in [3.05, 3.63) is 59.7 Å². The maximum atomic E-state index is 12.4. The molecule has 5 N–H and O–H groups in total. The predicted molar refractivity (Wildman–Crippen MR) is 89.5 cm³/mol. The molecule has 0 aliphatic carbocycles. The second kappa shape index (κ2) is 6.41. The van der Waals surface area contributed by atoms with Crippen LogP contribution in [0.15, 0.2) is 48.5 Å². The van der Waals surface area contributed by atoms with Gasteiger partial charge in [-0.1, -0.05) is 30.3 Å². The molecule has 3 rings (SSSR count). The first kappa shape index (κ1) is 15.5. The van der Waals surface area contributed by atoms with Gasteiger partial charge in [0.05, 0.1) is 5.52 Å². The number of nitrogens with two attached hydrogens (primary N) is 1. The molecule has 1 unspecified atom stereocenters. The zero-order valence-electron chi connectivity index (χ0n) is 12.7. The van der Waals surface area contributed by atoms with Gasteiger partial charge in [-0.25, -0.2) is 4.79 Å². The maximum Gasteiger partial charge on any atom is 0.326 e. The largest absolute Gasteiger partial charge is 0.480 e. The van der Waals surface area contributed by atoms with Crippen molar-refractivity contribution in [3.8, 4) is 0 Å². The number of aromatic amines is 1. The SMILES string of the molecule is Nc1n[nH]c2cc(C(=O)NC(Cc3ccccc3)C(=O)O)ccc12. The number of aromatic nitrogens is 2. The molecular formula is C17H16N4O3. The number of aliphatic carboxylic acids is 1. The molecule has 0 aliphatic rings. The average molecular weight is 324 g/mol. The molecule has 0 spiro atoms. The number of nitrogens with zero attached hydrogens (tertiary/aromatic N) is 1. The number of H-pyrrole nitrogens is 1. The molecule has 0 saturated heterocycles. The summed E-state index contributed by atoms with van der Waals surface area (Å²) in [6, 6.07) is 13.0. The number of amides is 1. The highest BCUT2D eigenvalue weighted by Crippen LogP contribution is 2.19. The number of carbonyl (C=O) groups excluding carboxylic acids is 1. The topological polar surface area (TPSA) is 121 Å². The third kappa shape index (κ3) is 3.19. The Morgan fingerprint density at radius 3 is 2.67 bits per heavy atom. The molecule has 1 atom stereocenters. The monoisotopic (exact) mass is 324 g/mol. The Bertz CT molecular complexity index is 889. The highest BCUT2D eigenvalue weighted by molar-refractivity contribution is 6.01. The van der Waals surface area contributed by atoms with Crippen molar-refractivity contribution in [1.82, 2.24) is 15.5 Å². The number of anilines is 1. The molecule has 1 heterocycles. The molecular weight excluding hydrogens is 308 g/mol. The summed E-state index contributed by atoms with van der Waals surface area (Å²) in [5.74, 6) is -1.20. The number of rotatable bonds is 5. The normalized spacial score (nSPS) is 12.0. The van der Waals surface area contributed by atoms with E-state index >= 15 is 0 Å². The predicted octanol–water partition coefficient (Wildman–Crippen LogP) is 1.57. The van der Waals surface area contributed by atoms with E-state index in [2.05, 4.69) is 15.5 Å². The summed E-state index contributed by atoms with van der Waals surface area (Å²) in [5, 5.41) is 19.2. The summed E-state index contributed by atoms with van der Waals surface area (Å²) in [6.45, 7) is 0. The summed E-state index contributed by atoms with van der Waals surface area (Å²) in [5.41, 5.74) is 7.48. The van der Waals surface area contributed by atoms with Crippen molar-refractivity contribution in [2.24, 2.45) is 0 Å². The van der Waals surface area contributed by atoms with E-state index in [1.165, 1.54) is 0 Å². The van der Waals surface area contributed by atoms with E-state index in [1.807, 2.05) is 30.3 Å². The quantitative estimate of drug-likeness (QED) is 0.567. The average Bonchev–Trinajstić information content (AvgIpc) is 2.95. The Hall–Kier alpha value is -3.35. The Balaban J connectivity index is 1.78. The number of carboxylic acids is 1. The van der Waals surface area contributed by atoms with Crippen LogP contribution in [-0.4, -0.2) is 33.2 Å². The molecule has 0 bridgehead atoms. The van der Waals surface area contributed by atoms with Gasteiger partial charge in [-0.15, -0.1) is 0 Å². The van der Waals surface area contributed by atoms with Gasteiger partial charge in [0.25, 0.3) is 5.91 Å². The van der Waals surface area contributed by atoms with Gasteiger partial charge in [-0.2, -0.15) is 5.10 Å². The molecule has 0 fully saturated rings. The molecule has 2 aromatic carbocycles. The molecule has 24 heavy (non-hydrogen) atoms. The van der Waals surface area contributed by atoms with Gasteiger partial charge in [0, 0.05) is 17.4 Å². The standard InChI is InChI=1S/C17H16N4O3/c18-15-12-7-6-11(9-13(12)20-21-15)16(22)19-14(17(23)24)8-10-4-2-1-3-5-10/h1-7,9,14H,8H2,(H,19,22)(H,23,24)(H3,18,20,21). The van der Waals surface area contributed by atoms with Crippen molar-refractivity contribution in [2.75, 3.05) is 5.73 Å². The van der Waals surface area contributed by atoms with Crippen LogP contribution in [0.1, 0.15) is 15.9 Å². The van der Waals surface area contributed by atoms with E-state index in [1.54, 1.807) is 18.2 Å². The molecule has 1 amide bonds. The lowest BCUT2D eigenvalue weighted by atomic mass is 10.1. The number of carboxylic acid groups (broad SMARTS) is 1. The molecule has 0 saturated carbocycles. The van der Waals surface area contributed by atoms with Crippen LogP contribution in [0.2, 0.25) is 0 Å². The van der Waals surface area contributed by atoms with Gasteiger partial charge in [-0.05, 0) is 23.8 Å². The van der Waals surface area contributed by atoms with Crippen LogP contribution < -0.4 is 11.1 Å². The van der Waals surface area contributed by atoms with Crippen LogP contribution in [0.4, 0.5) is 5.82 Å². The van der Waals surface area contributed by atoms with Crippen molar-refractivity contribution in [2.45, 2.75) is 12.5 Å². The lowest BCUT2D eigenvalue weighted by Gasteiger charge is -2.14. The van der Waals surface area contributed by atoms with Crippen molar-refractivity contribution >= 4 is 28.6 Å².